The van der Waals surface area contributed by atoms with Crippen molar-refractivity contribution in [3.63, 3.8) is 0 Å². The van der Waals surface area contributed by atoms with E-state index in [9.17, 15) is 14.0 Å². The first-order chi connectivity index (χ1) is 19.7. The van der Waals surface area contributed by atoms with Gasteiger partial charge in [0.05, 0.1) is 36.4 Å². The van der Waals surface area contributed by atoms with E-state index in [4.69, 9.17) is 23.7 Å². The van der Waals surface area contributed by atoms with E-state index in [0.717, 1.165) is 29.5 Å². The molecule has 1 fully saturated rings. The predicted octanol–water partition coefficient (Wildman–Crippen LogP) is 6.62. The van der Waals surface area contributed by atoms with Gasteiger partial charge in [-0.2, -0.15) is 9.78 Å². The number of hydrogen-bond donors (Lipinski definition) is 0. The Kier molecular flexibility index (Phi) is 10.1. The van der Waals surface area contributed by atoms with Crippen LogP contribution < -0.4 is 4.74 Å². The molecule has 0 spiro atoms. The lowest BCUT2D eigenvalue weighted by atomic mass is 10.1. The van der Waals surface area contributed by atoms with Crippen LogP contribution in [0.3, 0.4) is 0 Å². The number of aromatic nitrogens is 2. The molecule has 0 saturated carbocycles. The smallest absolute Gasteiger partial charge is 0.435 e. The molecule has 1 unspecified atom stereocenters. The molecule has 41 heavy (non-hydrogen) atoms. The van der Waals surface area contributed by atoms with Crippen LogP contribution >= 0.6 is 0 Å². The highest BCUT2D eigenvalue weighted by Gasteiger charge is 2.27. The summed E-state index contributed by atoms with van der Waals surface area (Å²) >= 11 is 0. The largest absolute Gasteiger partial charge is 0.492 e. The maximum atomic E-state index is 13.4. The average molecular weight is 569 g/mol. The lowest BCUT2D eigenvalue weighted by Crippen LogP contribution is -2.27. The highest BCUT2D eigenvalue weighted by atomic mass is 19.1. The molecule has 1 aliphatic heterocycles. The Morgan fingerprint density at radius 3 is 2.56 bits per heavy atom. The third-order valence-corrected chi connectivity index (χ3v) is 6.17. The molecule has 0 bridgehead atoms. The lowest BCUT2D eigenvalue weighted by molar-refractivity contribution is -0.163. The molecule has 1 atom stereocenters. The van der Waals surface area contributed by atoms with Crippen LogP contribution in [-0.4, -0.2) is 60.2 Å². The van der Waals surface area contributed by atoms with Crippen molar-refractivity contribution in [2.24, 2.45) is 0 Å². The van der Waals surface area contributed by atoms with E-state index in [1.807, 2.05) is 0 Å². The van der Waals surface area contributed by atoms with E-state index in [0.29, 0.717) is 36.2 Å². The molecule has 4 rings (SSSR count). The van der Waals surface area contributed by atoms with Crippen LogP contribution in [0.1, 0.15) is 75.0 Å². The molecule has 2 aromatic carbocycles. The van der Waals surface area contributed by atoms with E-state index in [-0.39, 0.29) is 36.6 Å². The molecule has 9 nitrogen and oxygen atoms in total. The summed E-state index contributed by atoms with van der Waals surface area (Å²) in [5, 5.41) is 4.97. The van der Waals surface area contributed by atoms with E-state index in [1.54, 1.807) is 64.1 Å². The van der Waals surface area contributed by atoms with Gasteiger partial charge in [0.2, 0.25) is 0 Å². The second kappa shape index (κ2) is 13.7. The minimum Gasteiger partial charge on any atom is -0.492 e. The fraction of sp³-hybridized carbons (Fsp3) is 0.452. The van der Waals surface area contributed by atoms with Crippen LogP contribution in [-0.2, 0) is 18.9 Å². The van der Waals surface area contributed by atoms with Crippen molar-refractivity contribution < 1.29 is 37.7 Å². The minimum absolute atomic E-state index is 0.181. The second-order valence-corrected chi connectivity index (χ2v) is 10.6. The summed E-state index contributed by atoms with van der Waals surface area (Å²) in [5.74, 6) is -0.672. The molecule has 1 aromatic heterocycles. The number of hydrogen-bond acceptors (Lipinski definition) is 8. The van der Waals surface area contributed by atoms with Gasteiger partial charge in [0, 0.05) is 13.0 Å². The third-order valence-electron chi connectivity index (χ3n) is 6.17. The summed E-state index contributed by atoms with van der Waals surface area (Å²) in [4.78, 5) is 26.1. The van der Waals surface area contributed by atoms with Gasteiger partial charge in [0.15, 0.2) is 6.29 Å². The number of rotatable bonds is 10. The van der Waals surface area contributed by atoms with Crippen LogP contribution in [0, 0.1) is 5.82 Å². The van der Waals surface area contributed by atoms with Gasteiger partial charge in [-0.05, 0) is 82.9 Å². The van der Waals surface area contributed by atoms with Crippen molar-refractivity contribution in [1.82, 2.24) is 9.78 Å². The molecule has 0 N–H and O–H groups in total. The van der Waals surface area contributed by atoms with Gasteiger partial charge >= 0.3 is 12.1 Å². The number of carbonyl (C=O) groups is 2. The Morgan fingerprint density at radius 1 is 1.10 bits per heavy atom. The number of benzene rings is 2. The molecular weight excluding hydrogens is 531 g/mol. The van der Waals surface area contributed by atoms with Crippen LogP contribution in [0.2, 0.25) is 0 Å². The first-order valence-corrected chi connectivity index (χ1v) is 13.9. The number of fused-ring (bicyclic) bond motifs is 1. The van der Waals surface area contributed by atoms with Crippen molar-refractivity contribution in [3.8, 4) is 5.75 Å². The quantitative estimate of drug-likeness (QED) is 0.199. The molecule has 2 heterocycles. The van der Waals surface area contributed by atoms with Gasteiger partial charge in [-0.3, -0.25) is 0 Å². The Hall–Kier alpha value is -3.76. The first kappa shape index (κ1) is 30.2. The van der Waals surface area contributed by atoms with Crippen LogP contribution in [0.25, 0.3) is 23.1 Å². The van der Waals surface area contributed by atoms with Gasteiger partial charge in [-0.25, -0.2) is 14.0 Å². The molecule has 0 amide bonds. The monoisotopic (exact) mass is 568 g/mol. The summed E-state index contributed by atoms with van der Waals surface area (Å²) in [6, 6.07) is 9.12. The van der Waals surface area contributed by atoms with Crippen molar-refractivity contribution in [3.05, 3.63) is 59.0 Å². The molecule has 0 aliphatic carbocycles. The zero-order valence-electron chi connectivity index (χ0n) is 24.0. The normalized spacial score (nSPS) is 15.8. The van der Waals surface area contributed by atoms with Gasteiger partial charge in [0.25, 0.3) is 0 Å². The van der Waals surface area contributed by atoms with Crippen LogP contribution in [0.5, 0.6) is 5.75 Å². The summed E-state index contributed by atoms with van der Waals surface area (Å²) in [7, 11) is 0. The average Bonchev–Trinajstić information content (AvgIpc) is 3.31. The Morgan fingerprint density at radius 2 is 1.88 bits per heavy atom. The van der Waals surface area contributed by atoms with Crippen molar-refractivity contribution >= 4 is 35.1 Å². The molecule has 1 saturated heterocycles. The van der Waals surface area contributed by atoms with Crippen LogP contribution in [0.4, 0.5) is 9.18 Å². The molecule has 10 heteroatoms. The first-order valence-electron chi connectivity index (χ1n) is 13.9. The predicted molar refractivity (Wildman–Crippen MR) is 152 cm³/mol. The fourth-order valence-corrected chi connectivity index (χ4v) is 4.33. The van der Waals surface area contributed by atoms with Crippen molar-refractivity contribution in [2.75, 3.05) is 26.4 Å². The topological polar surface area (TPSA) is 98.1 Å². The Labute approximate surface area is 239 Å². The number of esters is 1. The van der Waals surface area contributed by atoms with Gasteiger partial charge in [-0.15, -0.1) is 0 Å². The van der Waals surface area contributed by atoms with Crippen LogP contribution in [0.15, 0.2) is 36.4 Å². The van der Waals surface area contributed by atoms with Gasteiger partial charge < -0.3 is 23.7 Å². The fourth-order valence-electron chi connectivity index (χ4n) is 4.33. The molecule has 3 aromatic rings. The standard InChI is InChI=1S/C31H37FN2O7/c1-5-37-29(35)23-15-17-25-27(28(23)40-20-8-19-39-26-9-6-7-18-38-26)24(16-12-21-10-13-22(32)14-11-21)33-34(25)30(36)41-31(2,3)4/h10-17,26H,5-9,18-20H2,1-4H3. The maximum absolute atomic E-state index is 13.4. The van der Waals surface area contributed by atoms with E-state index in [2.05, 4.69) is 5.10 Å². The Bertz CT molecular complexity index is 1370. The van der Waals surface area contributed by atoms with Crippen molar-refractivity contribution in [2.45, 2.75) is 65.3 Å². The van der Waals surface area contributed by atoms with Gasteiger partial charge in [-0.1, -0.05) is 18.2 Å². The summed E-state index contributed by atoms with van der Waals surface area (Å²) in [6.45, 7) is 8.54. The van der Waals surface area contributed by atoms with Crippen molar-refractivity contribution in [1.29, 1.82) is 0 Å². The maximum Gasteiger partial charge on any atom is 0.435 e. The molecule has 0 radical (unpaired) electrons. The minimum atomic E-state index is -0.758. The SMILES string of the molecule is CCOC(=O)c1ccc2c(c(C=Cc3ccc(F)cc3)nn2C(=O)OC(C)(C)C)c1OCCCOC1CCCCO1. The summed E-state index contributed by atoms with van der Waals surface area (Å²) < 4.78 is 43.1. The molecular formula is C31H37FN2O7. The number of carbonyl (C=O) groups excluding carboxylic acids is 2. The highest BCUT2D eigenvalue weighted by Crippen LogP contribution is 2.35. The summed E-state index contributed by atoms with van der Waals surface area (Å²) in [5.41, 5.74) is 0.927. The zero-order chi connectivity index (χ0) is 29.4. The van der Waals surface area contributed by atoms with Gasteiger partial charge in [0.1, 0.15) is 22.7 Å². The third kappa shape index (κ3) is 8.14. The number of nitrogens with zero attached hydrogens (tertiary/aromatic N) is 2. The number of ether oxygens (including phenoxy) is 5. The Balaban J connectivity index is 1.71. The zero-order valence-corrected chi connectivity index (χ0v) is 24.0. The second-order valence-electron chi connectivity index (χ2n) is 10.6. The lowest BCUT2D eigenvalue weighted by Gasteiger charge is -2.22. The summed E-state index contributed by atoms with van der Waals surface area (Å²) in [6.07, 6.45) is 6.04. The van der Waals surface area contributed by atoms with E-state index in [1.165, 1.54) is 12.1 Å². The highest BCUT2D eigenvalue weighted by molar-refractivity contribution is 6.05. The number of halogens is 1. The van der Waals surface area contributed by atoms with E-state index < -0.39 is 17.7 Å². The van der Waals surface area contributed by atoms with E-state index >= 15 is 0 Å². The molecule has 220 valence electrons. The molecule has 1 aliphatic rings.